The molecule has 5 heteroatoms. The van der Waals surface area contributed by atoms with Crippen LogP contribution in [0.1, 0.15) is 35.9 Å². The number of hydrogen-bond donors (Lipinski definition) is 1. The molecule has 0 aromatic carbocycles. The Kier molecular flexibility index (Phi) is 4.93. The Morgan fingerprint density at radius 2 is 1.90 bits per heavy atom. The predicted molar refractivity (Wildman–Crippen MR) is 86.3 cm³/mol. The van der Waals surface area contributed by atoms with Crippen molar-refractivity contribution in [3.63, 3.8) is 0 Å². The number of carbonyl (C=O) groups is 1. The predicted octanol–water partition coefficient (Wildman–Crippen LogP) is 2.05. The summed E-state index contributed by atoms with van der Waals surface area (Å²) in [5, 5.41) is 2.98. The van der Waals surface area contributed by atoms with Gasteiger partial charge in [0.15, 0.2) is 0 Å². The van der Waals surface area contributed by atoms with Gasteiger partial charge >= 0.3 is 0 Å². The van der Waals surface area contributed by atoms with Gasteiger partial charge in [0, 0.05) is 48.4 Å². The molecule has 116 valence electrons. The minimum absolute atomic E-state index is 0.185. The quantitative estimate of drug-likeness (QED) is 0.925. The van der Waals surface area contributed by atoms with Gasteiger partial charge in [-0.3, -0.25) is 14.6 Å². The molecule has 21 heavy (non-hydrogen) atoms. The molecule has 1 N–H and O–H groups in total. The number of amides is 1. The molecule has 1 amide bonds. The van der Waals surface area contributed by atoms with E-state index >= 15 is 0 Å². The van der Waals surface area contributed by atoms with Crippen molar-refractivity contribution in [3.8, 4) is 0 Å². The van der Waals surface area contributed by atoms with Crippen molar-refractivity contribution in [2.45, 2.75) is 45.3 Å². The number of carbonyl (C=O) groups excluding carboxylic acids is 1. The van der Waals surface area contributed by atoms with Gasteiger partial charge in [-0.15, -0.1) is 11.3 Å². The average Bonchev–Trinajstić information content (AvgIpc) is 3.10. The van der Waals surface area contributed by atoms with Crippen LogP contribution >= 0.6 is 11.3 Å². The summed E-state index contributed by atoms with van der Waals surface area (Å²) in [7, 11) is 0. The van der Waals surface area contributed by atoms with E-state index < -0.39 is 0 Å². The number of nitrogens with one attached hydrogen (secondary N) is 1. The van der Waals surface area contributed by atoms with Crippen molar-refractivity contribution in [1.82, 2.24) is 15.1 Å². The molecule has 0 saturated carbocycles. The third-order valence-corrected chi connectivity index (χ3v) is 5.55. The van der Waals surface area contributed by atoms with Gasteiger partial charge in [-0.25, -0.2) is 0 Å². The van der Waals surface area contributed by atoms with Crippen LogP contribution in [-0.2, 0) is 17.9 Å². The number of rotatable bonds is 4. The molecule has 0 unspecified atom stereocenters. The summed E-state index contributed by atoms with van der Waals surface area (Å²) in [4.78, 5) is 19.3. The van der Waals surface area contributed by atoms with Gasteiger partial charge in [-0.2, -0.15) is 0 Å². The van der Waals surface area contributed by atoms with Crippen molar-refractivity contribution >= 4 is 17.2 Å². The maximum atomic E-state index is 11.5. The van der Waals surface area contributed by atoms with Gasteiger partial charge in [-0.05, 0) is 45.0 Å². The summed E-state index contributed by atoms with van der Waals surface area (Å²) in [6.45, 7) is 8.43. The van der Waals surface area contributed by atoms with Crippen molar-refractivity contribution < 1.29 is 4.79 Å². The lowest BCUT2D eigenvalue weighted by molar-refractivity contribution is -0.120. The van der Waals surface area contributed by atoms with Crippen LogP contribution in [0.25, 0.3) is 0 Å². The molecule has 3 rings (SSSR count). The molecule has 2 aliphatic rings. The molecule has 2 saturated heterocycles. The Morgan fingerprint density at radius 1 is 1.19 bits per heavy atom. The Hall–Kier alpha value is -0.910. The lowest BCUT2D eigenvalue weighted by Crippen LogP contribution is -2.37. The highest BCUT2D eigenvalue weighted by molar-refractivity contribution is 7.11. The summed E-state index contributed by atoms with van der Waals surface area (Å²) in [5.74, 6) is 0.185. The highest BCUT2D eigenvalue weighted by Crippen LogP contribution is 2.23. The summed E-state index contributed by atoms with van der Waals surface area (Å²) < 4.78 is 0. The van der Waals surface area contributed by atoms with Crippen LogP contribution in [0.2, 0.25) is 0 Å². The van der Waals surface area contributed by atoms with Gasteiger partial charge in [0.05, 0.1) is 0 Å². The van der Waals surface area contributed by atoms with Crippen molar-refractivity contribution in [2.24, 2.45) is 0 Å². The number of thiophene rings is 1. The van der Waals surface area contributed by atoms with Crippen molar-refractivity contribution in [2.75, 3.05) is 26.2 Å². The topological polar surface area (TPSA) is 35.6 Å². The van der Waals surface area contributed by atoms with E-state index in [9.17, 15) is 4.79 Å². The van der Waals surface area contributed by atoms with E-state index in [1.807, 2.05) is 11.3 Å². The standard InChI is InChI=1S/C16H25N3OS/c1-13-10-17-16(20)6-9-19(13)12-15-5-4-14(21-15)11-18-7-2-3-8-18/h4-5,13H,2-3,6-12H2,1H3,(H,17,20)/t13-/m0/s1. The third-order valence-electron chi connectivity index (χ3n) is 4.50. The highest BCUT2D eigenvalue weighted by atomic mass is 32.1. The van der Waals surface area contributed by atoms with Gasteiger partial charge in [0.1, 0.15) is 0 Å². The first-order valence-corrected chi connectivity index (χ1v) is 8.83. The van der Waals surface area contributed by atoms with E-state index in [-0.39, 0.29) is 5.91 Å². The maximum Gasteiger partial charge on any atom is 0.221 e. The molecule has 2 aliphatic heterocycles. The number of likely N-dealkylation sites (tertiary alicyclic amines) is 1. The van der Waals surface area contributed by atoms with Gasteiger partial charge < -0.3 is 5.32 Å². The highest BCUT2D eigenvalue weighted by Gasteiger charge is 2.21. The van der Waals surface area contributed by atoms with Crippen LogP contribution in [0.3, 0.4) is 0 Å². The fourth-order valence-electron chi connectivity index (χ4n) is 3.13. The Balaban J connectivity index is 1.56. The molecular formula is C16H25N3OS. The molecule has 0 radical (unpaired) electrons. The van der Waals surface area contributed by atoms with E-state index in [1.54, 1.807) is 0 Å². The van der Waals surface area contributed by atoms with Crippen LogP contribution in [0, 0.1) is 0 Å². The summed E-state index contributed by atoms with van der Waals surface area (Å²) in [6, 6.07) is 4.97. The Morgan fingerprint density at radius 3 is 2.67 bits per heavy atom. The van der Waals surface area contributed by atoms with Crippen LogP contribution in [0.5, 0.6) is 0 Å². The van der Waals surface area contributed by atoms with Crippen molar-refractivity contribution in [1.29, 1.82) is 0 Å². The second kappa shape index (κ2) is 6.90. The van der Waals surface area contributed by atoms with Crippen LogP contribution < -0.4 is 5.32 Å². The summed E-state index contributed by atoms with van der Waals surface area (Å²) in [6.07, 6.45) is 3.32. The maximum absolute atomic E-state index is 11.5. The van der Waals surface area contributed by atoms with E-state index in [2.05, 4.69) is 34.2 Å². The SMILES string of the molecule is C[C@H]1CNC(=O)CCN1Cc1ccc(CN2CCCC2)s1. The van der Waals surface area contributed by atoms with Crippen LogP contribution in [0.4, 0.5) is 0 Å². The minimum Gasteiger partial charge on any atom is -0.355 e. The first-order chi connectivity index (χ1) is 10.2. The zero-order valence-corrected chi connectivity index (χ0v) is 13.6. The fraction of sp³-hybridized carbons (Fsp3) is 0.688. The molecule has 1 aromatic heterocycles. The molecule has 1 aromatic rings. The lowest BCUT2D eigenvalue weighted by atomic mass is 10.2. The van der Waals surface area contributed by atoms with Crippen molar-refractivity contribution in [3.05, 3.63) is 21.9 Å². The van der Waals surface area contributed by atoms with Gasteiger partial charge in [0.2, 0.25) is 5.91 Å². The summed E-state index contributed by atoms with van der Waals surface area (Å²) >= 11 is 1.93. The Bertz CT molecular complexity index is 482. The van der Waals surface area contributed by atoms with E-state index in [0.717, 1.165) is 26.2 Å². The first kappa shape index (κ1) is 15.0. The molecule has 4 nitrogen and oxygen atoms in total. The lowest BCUT2D eigenvalue weighted by Gasteiger charge is -2.25. The monoisotopic (exact) mass is 307 g/mol. The third kappa shape index (κ3) is 4.05. The first-order valence-electron chi connectivity index (χ1n) is 8.01. The van der Waals surface area contributed by atoms with Gasteiger partial charge in [0.25, 0.3) is 0 Å². The zero-order chi connectivity index (χ0) is 14.7. The Labute approximate surface area is 131 Å². The van der Waals surface area contributed by atoms with Crippen LogP contribution in [-0.4, -0.2) is 47.9 Å². The molecule has 1 atom stereocenters. The van der Waals surface area contributed by atoms with E-state index in [4.69, 9.17) is 0 Å². The largest absolute Gasteiger partial charge is 0.355 e. The van der Waals surface area contributed by atoms with E-state index in [0.29, 0.717) is 12.5 Å². The number of nitrogens with zero attached hydrogens (tertiary/aromatic N) is 2. The minimum atomic E-state index is 0.185. The molecule has 3 heterocycles. The van der Waals surface area contributed by atoms with Crippen LogP contribution in [0.15, 0.2) is 12.1 Å². The second-order valence-corrected chi connectivity index (χ2v) is 7.48. The molecule has 0 bridgehead atoms. The zero-order valence-electron chi connectivity index (χ0n) is 12.8. The van der Waals surface area contributed by atoms with E-state index in [1.165, 1.54) is 35.7 Å². The molecule has 0 spiro atoms. The molecular weight excluding hydrogens is 282 g/mol. The molecule has 0 aliphatic carbocycles. The fourth-order valence-corrected chi connectivity index (χ4v) is 4.22. The second-order valence-electron chi connectivity index (χ2n) is 6.22. The average molecular weight is 307 g/mol. The molecule has 2 fully saturated rings. The normalized spacial score (nSPS) is 25.0. The summed E-state index contributed by atoms with van der Waals surface area (Å²) in [5.41, 5.74) is 0. The van der Waals surface area contributed by atoms with Gasteiger partial charge in [-0.1, -0.05) is 0 Å². The number of hydrogen-bond acceptors (Lipinski definition) is 4. The smallest absolute Gasteiger partial charge is 0.221 e.